The molecular weight excluding hydrogens is 367 g/mol. The van der Waals surface area contributed by atoms with Crippen molar-refractivity contribution in [2.45, 2.75) is 39.7 Å². The number of H-pyrrole nitrogens is 1. The lowest BCUT2D eigenvalue weighted by Gasteiger charge is -2.07. The molecule has 8 heteroatoms. The van der Waals surface area contributed by atoms with E-state index >= 15 is 0 Å². The third kappa shape index (κ3) is 4.33. The largest absolute Gasteiger partial charge is 0.354 e. The molecule has 3 rings (SSSR count). The Kier molecular flexibility index (Phi) is 5.55. The quantitative estimate of drug-likeness (QED) is 0.681. The number of rotatable bonds is 6. The lowest BCUT2D eigenvalue weighted by molar-refractivity contribution is -0.121. The van der Waals surface area contributed by atoms with Gasteiger partial charge in [0.2, 0.25) is 11.0 Å². The lowest BCUT2D eigenvalue weighted by Crippen LogP contribution is -2.30. The van der Waals surface area contributed by atoms with Crippen molar-refractivity contribution in [1.29, 1.82) is 0 Å². The molecule has 0 aliphatic rings. The highest BCUT2D eigenvalue weighted by Gasteiger charge is 2.16. The summed E-state index contributed by atoms with van der Waals surface area (Å²) in [6.45, 7) is 5.60. The number of aromatic amines is 1. The topological polar surface area (TPSA) is 79.8 Å². The van der Waals surface area contributed by atoms with Gasteiger partial charge in [0.15, 0.2) is 0 Å². The second-order valence-corrected chi connectivity index (χ2v) is 7.44. The minimum atomic E-state index is -0.309. The van der Waals surface area contributed by atoms with Crippen molar-refractivity contribution in [2.75, 3.05) is 0 Å². The SMILES string of the molecule is Cc1[nH]n(-c2nc(-c3ccc(F)cc3)cs2)c(=O)c1CCC(=O)NC(C)C. The summed E-state index contributed by atoms with van der Waals surface area (Å²) in [5.74, 6) is -0.388. The van der Waals surface area contributed by atoms with E-state index in [0.717, 1.165) is 11.3 Å². The van der Waals surface area contributed by atoms with Gasteiger partial charge < -0.3 is 5.32 Å². The molecule has 1 aromatic carbocycles. The first-order valence-corrected chi connectivity index (χ1v) is 9.55. The molecule has 2 aromatic heterocycles. The Morgan fingerprint density at radius 2 is 2.04 bits per heavy atom. The molecule has 0 unspecified atom stereocenters. The van der Waals surface area contributed by atoms with Gasteiger partial charge in [-0.05, 0) is 51.5 Å². The van der Waals surface area contributed by atoms with E-state index in [9.17, 15) is 14.0 Å². The maximum Gasteiger partial charge on any atom is 0.276 e. The highest BCUT2D eigenvalue weighted by atomic mass is 32.1. The maximum atomic E-state index is 13.1. The number of amides is 1. The average molecular weight is 388 g/mol. The molecule has 0 saturated carbocycles. The summed E-state index contributed by atoms with van der Waals surface area (Å²) in [4.78, 5) is 29.1. The molecule has 3 aromatic rings. The maximum absolute atomic E-state index is 13.1. The molecule has 2 N–H and O–H groups in total. The first kappa shape index (κ1) is 19.0. The third-order valence-electron chi connectivity index (χ3n) is 4.07. The zero-order valence-electron chi connectivity index (χ0n) is 15.4. The standard InChI is InChI=1S/C19H21FN4O2S/c1-11(2)21-17(25)9-8-15-12(3)23-24(18(15)26)19-22-16(10-27-19)13-4-6-14(20)7-5-13/h4-7,10-11,23H,8-9H2,1-3H3,(H,21,25). The molecular formula is C19H21FN4O2S. The average Bonchev–Trinajstić information content (AvgIpc) is 3.19. The van der Waals surface area contributed by atoms with Crippen molar-refractivity contribution in [3.63, 3.8) is 0 Å². The van der Waals surface area contributed by atoms with E-state index in [2.05, 4.69) is 15.4 Å². The number of thiazole rings is 1. The van der Waals surface area contributed by atoms with Crippen LogP contribution in [0.1, 0.15) is 31.5 Å². The van der Waals surface area contributed by atoms with Crippen LogP contribution >= 0.6 is 11.3 Å². The van der Waals surface area contributed by atoms with Crippen molar-refractivity contribution >= 4 is 17.2 Å². The van der Waals surface area contributed by atoms with Crippen LogP contribution in [0, 0.1) is 12.7 Å². The summed E-state index contributed by atoms with van der Waals surface area (Å²) in [5.41, 5.74) is 2.54. The van der Waals surface area contributed by atoms with Crippen LogP contribution in [0.15, 0.2) is 34.4 Å². The number of benzene rings is 1. The number of nitrogens with zero attached hydrogens (tertiary/aromatic N) is 2. The van der Waals surface area contributed by atoms with Crippen molar-refractivity contribution in [1.82, 2.24) is 20.1 Å². The number of hydrogen-bond acceptors (Lipinski definition) is 4. The van der Waals surface area contributed by atoms with Gasteiger partial charge in [0, 0.05) is 34.7 Å². The van der Waals surface area contributed by atoms with Gasteiger partial charge in [-0.1, -0.05) is 0 Å². The van der Waals surface area contributed by atoms with E-state index in [-0.39, 0.29) is 29.7 Å². The van der Waals surface area contributed by atoms with Gasteiger partial charge in [-0.15, -0.1) is 11.3 Å². The molecule has 0 radical (unpaired) electrons. The Bertz CT molecular complexity index is 1000. The predicted octanol–water partition coefficient (Wildman–Crippen LogP) is 3.19. The van der Waals surface area contributed by atoms with Gasteiger partial charge in [-0.2, -0.15) is 4.68 Å². The minimum Gasteiger partial charge on any atom is -0.354 e. The fourth-order valence-electron chi connectivity index (χ4n) is 2.76. The molecule has 27 heavy (non-hydrogen) atoms. The van der Waals surface area contributed by atoms with Crippen LogP contribution in [-0.2, 0) is 11.2 Å². The van der Waals surface area contributed by atoms with E-state index < -0.39 is 0 Å². The number of carbonyl (C=O) groups excluding carboxylic acids is 1. The van der Waals surface area contributed by atoms with Gasteiger partial charge in [-0.25, -0.2) is 9.37 Å². The Labute approximate surface area is 160 Å². The molecule has 6 nitrogen and oxygen atoms in total. The van der Waals surface area contributed by atoms with Crippen LogP contribution in [0.2, 0.25) is 0 Å². The predicted molar refractivity (Wildman–Crippen MR) is 104 cm³/mol. The second-order valence-electron chi connectivity index (χ2n) is 6.60. The zero-order chi connectivity index (χ0) is 19.6. The molecule has 0 spiro atoms. The van der Waals surface area contributed by atoms with Crippen LogP contribution in [0.4, 0.5) is 4.39 Å². The molecule has 142 valence electrons. The fourth-order valence-corrected chi connectivity index (χ4v) is 3.55. The summed E-state index contributed by atoms with van der Waals surface area (Å²) < 4.78 is 14.5. The fraction of sp³-hybridized carbons (Fsp3) is 0.316. The molecule has 0 aliphatic carbocycles. The Hall–Kier alpha value is -2.74. The zero-order valence-corrected chi connectivity index (χ0v) is 16.2. The highest BCUT2D eigenvalue weighted by molar-refractivity contribution is 7.12. The van der Waals surface area contributed by atoms with Gasteiger partial charge in [0.05, 0.1) is 5.69 Å². The van der Waals surface area contributed by atoms with Crippen LogP contribution < -0.4 is 10.9 Å². The molecule has 1 amide bonds. The Morgan fingerprint density at radius 1 is 1.33 bits per heavy atom. The number of halogens is 1. The van der Waals surface area contributed by atoms with E-state index in [4.69, 9.17) is 0 Å². The van der Waals surface area contributed by atoms with E-state index in [0.29, 0.717) is 22.8 Å². The summed E-state index contributed by atoms with van der Waals surface area (Å²) >= 11 is 1.32. The van der Waals surface area contributed by atoms with Gasteiger partial charge >= 0.3 is 0 Å². The van der Waals surface area contributed by atoms with Crippen LogP contribution in [-0.4, -0.2) is 26.7 Å². The molecule has 0 aliphatic heterocycles. The van der Waals surface area contributed by atoms with Crippen LogP contribution in [0.3, 0.4) is 0 Å². The van der Waals surface area contributed by atoms with Crippen LogP contribution in [0.5, 0.6) is 0 Å². The van der Waals surface area contributed by atoms with Crippen molar-refractivity contribution < 1.29 is 9.18 Å². The third-order valence-corrected chi connectivity index (χ3v) is 4.89. The summed E-state index contributed by atoms with van der Waals surface area (Å²) in [6.07, 6.45) is 0.619. The van der Waals surface area contributed by atoms with Crippen LogP contribution in [0.25, 0.3) is 16.4 Å². The van der Waals surface area contributed by atoms with Crippen molar-refractivity contribution in [2.24, 2.45) is 0 Å². The van der Waals surface area contributed by atoms with Crippen molar-refractivity contribution in [3.05, 3.63) is 57.1 Å². The number of carbonyl (C=O) groups is 1. The number of hydrogen-bond donors (Lipinski definition) is 2. The molecule has 2 heterocycles. The Balaban J connectivity index is 1.81. The first-order valence-electron chi connectivity index (χ1n) is 8.67. The lowest BCUT2D eigenvalue weighted by atomic mass is 10.1. The monoisotopic (exact) mass is 388 g/mol. The summed E-state index contributed by atoms with van der Waals surface area (Å²) in [7, 11) is 0. The van der Waals surface area contributed by atoms with E-state index in [1.807, 2.05) is 26.2 Å². The molecule has 0 atom stereocenters. The molecule has 0 fully saturated rings. The molecule has 0 saturated heterocycles. The van der Waals surface area contributed by atoms with Gasteiger partial charge in [0.25, 0.3) is 5.56 Å². The normalized spacial score (nSPS) is 11.1. The smallest absolute Gasteiger partial charge is 0.276 e. The van der Waals surface area contributed by atoms with E-state index in [1.165, 1.54) is 28.2 Å². The van der Waals surface area contributed by atoms with Gasteiger partial charge in [0.1, 0.15) is 5.82 Å². The molecule has 0 bridgehead atoms. The number of nitrogens with one attached hydrogen (secondary N) is 2. The van der Waals surface area contributed by atoms with Crippen molar-refractivity contribution in [3.8, 4) is 16.4 Å². The second kappa shape index (κ2) is 7.87. The minimum absolute atomic E-state index is 0.0710. The number of aromatic nitrogens is 3. The number of aryl methyl sites for hydroxylation is 1. The first-order chi connectivity index (χ1) is 12.8. The Morgan fingerprint density at radius 3 is 2.70 bits per heavy atom. The highest BCUT2D eigenvalue weighted by Crippen LogP contribution is 2.23. The van der Waals surface area contributed by atoms with E-state index in [1.54, 1.807) is 12.1 Å². The summed E-state index contributed by atoms with van der Waals surface area (Å²) in [5, 5.41) is 8.17. The van der Waals surface area contributed by atoms with Gasteiger partial charge in [-0.3, -0.25) is 14.7 Å². The summed E-state index contributed by atoms with van der Waals surface area (Å²) in [6, 6.07) is 6.12.